The maximum absolute atomic E-state index is 13.6. The molecule has 0 fully saturated rings. The second kappa shape index (κ2) is 6.16. The molecular formula is C15H13FO4. The van der Waals surface area contributed by atoms with Crippen LogP contribution in [0.3, 0.4) is 0 Å². The Kier molecular flexibility index (Phi) is 4.32. The van der Waals surface area contributed by atoms with Gasteiger partial charge in [0.05, 0.1) is 5.56 Å². The van der Waals surface area contributed by atoms with E-state index in [4.69, 9.17) is 9.84 Å². The van der Waals surface area contributed by atoms with E-state index < -0.39 is 17.9 Å². The minimum Gasteiger partial charge on any atom is -0.487 e. The average Bonchev–Trinajstić information content (AvgIpc) is 2.46. The molecule has 2 N–H and O–H groups in total. The Morgan fingerprint density at radius 3 is 2.50 bits per heavy atom. The van der Waals surface area contributed by atoms with Crippen molar-refractivity contribution >= 4 is 5.97 Å². The van der Waals surface area contributed by atoms with Crippen molar-refractivity contribution in [3.8, 4) is 5.75 Å². The maximum Gasteiger partial charge on any atom is 0.335 e. The second-order valence-corrected chi connectivity index (χ2v) is 4.19. The van der Waals surface area contributed by atoms with Crippen LogP contribution >= 0.6 is 0 Å². The standard InChI is InChI=1S/C15H13FO4/c16-12-8-11(15(18)19)6-7-14(12)20-9-13(17)10-4-2-1-3-5-10/h1-8,13,17H,9H2,(H,18,19). The van der Waals surface area contributed by atoms with E-state index in [2.05, 4.69) is 0 Å². The van der Waals surface area contributed by atoms with Crippen LogP contribution in [0.25, 0.3) is 0 Å². The van der Waals surface area contributed by atoms with Gasteiger partial charge >= 0.3 is 5.97 Å². The third kappa shape index (κ3) is 3.33. The minimum atomic E-state index is -1.21. The van der Waals surface area contributed by atoms with Crippen molar-refractivity contribution in [3.63, 3.8) is 0 Å². The van der Waals surface area contributed by atoms with E-state index in [0.29, 0.717) is 5.56 Å². The van der Waals surface area contributed by atoms with Gasteiger partial charge in [-0.3, -0.25) is 0 Å². The highest BCUT2D eigenvalue weighted by atomic mass is 19.1. The number of carboxylic acid groups (broad SMARTS) is 1. The van der Waals surface area contributed by atoms with Crippen molar-refractivity contribution < 1.29 is 24.1 Å². The lowest BCUT2D eigenvalue weighted by Gasteiger charge is -2.13. The Morgan fingerprint density at radius 1 is 1.20 bits per heavy atom. The van der Waals surface area contributed by atoms with E-state index in [-0.39, 0.29) is 17.9 Å². The number of aliphatic hydroxyl groups is 1. The predicted molar refractivity (Wildman–Crippen MR) is 70.3 cm³/mol. The molecule has 1 unspecified atom stereocenters. The molecule has 4 nitrogen and oxygen atoms in total. The summed E-state index contributed by atoms with van der Waals surface area (Å²) in [6.07, 6.45) is -0.880. The van der Waals surface area contributed by atoms with Crippen molar-refractivity contribution in [2.45, 2.75) is 6.10 Å². The monoisotopic (exact) mass is 276 g/mol. The second-order valence-electron chi connectivity index (χ2n) is 4.19. The highest BCUT2D eigenvalue weighted by Crippen LogP contribution is 2.20. The van der Waals surface area contributed by atoms with Crippen LogP contribution in [0.5, 0.6) is 5.75 Å². The third-order valence-corrected chi connectivity index (χ3v) is 2.76. The van der Waals surface area contributed by atoms with E-state index in [9.17, 15) is 14.3 Å². The van der Waals surface area contributed by atoms with Gasteiger partial charge in [0.1, 0.15) is 12.7 Å². The predicted octanol–water partition coefficient (Wildman–Crippen LogP) is 2.64. The lowest BCUT2D eigenvalue weighted by Crippen LogP contribution is -2.10. The van der Waals surface area contributed by atoms with Gasteiger partial charge in [0, 0.05) is 0 Å². The fourth-order valence-electron chi connectivity index (χ4n) is 1.69. The molecule has 0 aliphatic carbocycles. The largest absolute Gasteiger partial charge is 0.487 e. The van der Waals surface area contributed by atoms with Crippen LogP contribution in [0.1, 0.15) is 22.0 Å². The van der Waals surface area contributed by atoms with E-state index in [1.807, 2.05) is 6.07 Å². The van der Waals surface area contributed by atoms with Crippen LogP contribution in [0, 0.1) is 5.82 Å². The van der Waals surface area contributed by atoms with Crippen LogP contribution < -0.4 is 4.74 Å². The molecular weight excluding hydrogens is 263 g/mol. The van der Waals surface area contributed by atoms with Crippen LogP contribution in [-0.4, -0.2) is 22.8 Å². The number of carboxylic acids is 1. The molecule has 0 radical (unpaired) electrons. The number of hydrogen-bond donors (Lipinski definition) is 2. The molecule has 104 valence electrons. The first kappa shape index (κ1) is 14.0. The molecule has 0 amide bonds. The number of benzene rings is 2. The first-order chi connectivity index (χ1) is 9.58. The summed E-state index contributed by atoms with van der Waals surface area (Å²) < 4.78 is 18.8. The van der Waals surface area contributed by atoms with Gasteiger partial charge in [-0.25, -0.2) is 9.18 Å². The zero-order chi connectivity index (χ0) is 14.5. The fourth-order valence-corrected chi connectivity index (χ4v) is 1.69. The zero-order valence-corrected chi connectivity index (χ0v) is 10.5. The van der Waals surface area contributed by atoms with Crippen molar-refractivity contribution in [2.24, 2.45) is 0 Å². The number of aromatic carboxylic acids is 1. The maximum atomic E-state index is 13.6. The lowest BCUT2D eigenvalue weighted by atomic mass is 10.1. The van der Waals surface area contributed by atoms with Gasteiger partial charge in [-0.2, -0.15) is 0 Å². The van der Waals surface area contributed by atoms with E-state index in [1.54, 1.807) is 24.3 Å². The van der Waals surface area contributed by atoms with Gasteiger partial charge in [0.25, 0.3) is 0 Å². The van der Waals surface area contributed by atoms with E-state index in [0.717, 1.165) is 6.07 Å². The van der Waals surface area contributed by atoms with Gasteiger partial charge in [0.2, 0.25) is 0 Å². The molecule has 0 spiro atoms. The van der Waals surface area contributed by atoms with Gasteiger partial charge in [-0.1, -0.05) is 30.3 Å². The number of ether oxygens (including phenoxy) is 1. The summed E-state index contributed by atoms with van der Waals surface area (Å²) in [6.45, 7) is -0.118. The van der Waals surface area contributed by atoms with Gasteiger partial charge in [-0.15, -0.1) is 0 Å². The van der Waals surface area contributed by atoms with E-state index in [1.165, 1.54) is 12.1 Å². The molecule has 1 atom stereocenters. The molecule has 0 saturated heterocycles. The summed E-state index contributed by atoms with van der Waals surface area (Å²) >= 11 is 0. The number of hydrogen-bond acceptors (Lipinski definition) is 3. The number of carbonyl (C=O) groups is 1. The van der Waals surface area contributed by atoms with Crippen molar-refractivity contribution in [1.82, 2.24) is 0 Å². The van der Waals surface area contributed by atoms with Gasteiger partial charge in [-0.05, 0) is 23.8 Å². The molecule has 0 saturated carbocycles. The normalized spacial score (nSPS) is 11.9. The summed E-state index contributed by atoms with van der Waals surface area (Å²) in [4.78, 5) is 10.7. The molecule has 0 aromatic heterocycles. The molecule has 2 aromatic rings. The summed E-state index contributed by atoms with van der Waals surface area (Å²) in [5, 5.41) is 18.6. The number of halogens is 1. The molecule has 2 aromatic carbocycles. The average molecular weight is 276 g/mol. The molecule has 0 bridgehead atoms. The van der Waals surface area contributed by atoms with Crippen LogP contribution in [0.2, 0.25) is 0 Å². The first-order valence-electron chi connectivity index (χ1n) is 5.96. The summed E-state index contributed by atoms with van der Waals surface area (Å²) in [5.74, 6) is -2.07. The quantitative estimate of drug-likeness (QED) is 0.881. The van der Waals surface area contributed by atoms with Crippen molar-refractivity contribution in [3.05, 3.63) is 65.5 Å². The Hall–Kier alpha value is -2.40. The van der Waals surface area contributed by atoms with Crippen molar-refractivity contribution in [1.29, 1.82) is 0 Å². The van der Waals surface area contributed by atoms with Gasteiger partial charge in [0.15, 0.2) is 11.6 Å². The Morgan fingerprint density at radius 2 is 1.90 bits per heavy atom. The number of aliphatic hydroxyl groups excluding tert-OH is 1. The lowest BCUT2D eigenvalue weighted by molar-refractivity contribution is 0.0695. The van der Waals surface area contributed by atoms with Crippen molar-refractivity contribution in [2.75, 3.05) is 6.61 Å². The molecule has 0 aliphatic rings. The Bertz CT molecular complexity index is 598. The van der Waals surface area contributed by atoms with Crippen LogP contribution in [0.15, 0.2) is 48.5 Å². The summed E-state index contributed by atoms with van der Waals surface area (Å²) in [6, 6.07) is 12.2. The topological polar surface area (TPSA) is 66.8 Å². The highest BCUT2D eigenvalue weighted by molar-refractivity contribution is 5.87. The molecule has 0 heterocycles. The highest BCUT2D eigenvalue weighted by Gasteiger charge is 2.12. The fraction of sp³-hybridized carbons (Fsp3) is 0.133. The third-order valence-electron chi connectivity index (χ3n) is 2.76. The first-order valence-corrected chi connectivity index (χ1v) is 5.96. The zero-order valence-electron chi connectivity index (χ0n) is 10.5. The number of rotatable bonds is 5. The van der Waals surface area contributed by atoms with Crippen LogP contribution in [-0.2, 0) is 0 Å². The SMILES string of the molecule is O=C(O)c1ccc(OCC(O)c2ccccc2)c(F)c1. The molecule has 0 aliphatic heterocycles. The Balaban J connectivity index is 2.02. The minimum absolute atomic E-state index is 0.0926. The van der Waals surface area contributed by atoms with Gasteiger partial charge < -0.3 is 14.9 Å². The molecule has 5 heteroatoms. The Labute approximate surface area is 115 Å². The smallest absolute Gasteiger partial charge is 0.335 e. The summed E-state index contributed by atoms with van der Waals surface area (Å²) in [7, 11) is 0. The summed E-state index contributed by atoms with van der Waals surface area (Å²) in [5.41, 5.74) is 0.508. The molecule has 20 heavy (non-hydrogen) atoms. The molecule has 2 rings (SSSR count). The van der Waals surface area contributed by atoms with E-state index >= 15 is 0 Å². The van der Waals surface area contributed by atoms with Crippen LogP contribution in [0.4, 0.5) is 4.39 Å².